The van der Waals surface area contributed by atoms with Crippen molar-refractivity contribution in [2.24, 2.45) is 0 Å². The van der Waals surface area contributed by atoms with E-state index in [1.165, 1.54) is 17.2 Å². The molecule has 39 heavy (non-hydrogen) atoms. The minimum atomic E-state index is -1.05. The second-order valence-electron chi connectivity index (χ2n) is 10.6. The third kappa shape index (κ3) is 6.08. The number of ether oxygens (including phenoxy) is 1. The number of carboxylic acids is 1. The zero-order valence-electron chi connectivity index (χ0n) is 23.2. The third-order valence-electron chi connectivity index (χ3n) is 8.22. The minimum Gasteiger partial charge on any atom is -0.481 e. The highest BCUT2D eigenvalue weighted by Crippen LogP contribution is 2.41. The second kappa shape index (κ2) is 11.7. The van der Waals surface area contributed by atoms with Crippen molar-refractivity contribution < 1.29 is 24.1 Å². The van der Waals surface area contributed by atoms with Gasteiger partial charge in [0, 0.05) is 23.8 Å². The van der Waals surface area contributed by atoms with E-state index in [-0.39, 0.29) is 17.4 Å². The number of carboxylic acid groups (broad SMARTS) is 1. The van der Waals surface area contributed by atoms with Crippen LogP contribution in [-0.2, 0) is 21.4 Å². The Morgan fingerprint density at radius 1 is 0.974 bits per heavy atom. The van der Waals surface area contributed by atoms with E-state index in [1.54, 1.807) is 12.1 Å². The van der Waals surface area contributed by atoms with Crippen LogP contribution in [0.25, 0.3) is 11.1 Å². The molecule has 3 aromatic carbocycles. The number of hydrogen-bond acceptors (Lipinski definition) is 3. The van der Waals surface area contributed by atoms with Crippen molar-refractivity contribution in [3.8, 4) is 23.0 Å². The number of aliphatic carboxylic acids is 1. The zero-order chi connectivity index (χ0) is 28.2. The summed E-state index contributed by atoms with van der Waals surface area (Å²) in [6.45, 7) is 9.56. The molecule has 0 radical (unpaired) electrons. The van der Waals surface area contributed by atoms with Crippen LogP contribution < -0.4 is 0 Å². The first-order valence-electron chi connectivity index (χ1n) is 13.7. The van der Waals surface area contributed by atoms with Crippen molar-refractivity contribution in [1.29, 1.82) is 0 Å². The molecule has 4 rings (SSSR count). The number of carbonyl (C=O) groups is 1. The van der Waals surface area contributed by atoms with Crippen LogP contribution in [0.1, 0.15) is 72.9 Å². The molecular weight excluding hydrogens is 491 g/mol. The lowest BCUT2D eigenvalue weighted by molar-refractivity contribution is -0.136. The summed E-state index contributed by atoms with van der Waals surface area (Å²) >= 11 is 0. The Labute approximate surface area is 230 Å². The molecule has 0 unspecified atom stereocenters. The molecule has 0 atom stereocenters. The van der Waals surface area contributed by atoms with Gasteiger partial charge in [0.15, 0.2) is 0 Å². The predicted molar refractivity (Wildman–Crippen MR) is 152 cm³/mol. The van der Waals surface area contributed by atoms with Crippen LogP contribution in [0.5, 0.6) is 0 Å². The molecule has 1 aliphatic heterocycles. The van der Waals surface area contributed by atoms with Crippen LogP contribution in [0.2, 0.25) is 0 Å². The molecule has 5 heteroatoms. The standard InChI is InChI=1S/C34H37FO4/c1-5-34(6-2,28-10-9-25(23(3)19-28)13-14-33(38)15-17-39-18-16-33)29-11-12-30(24(4)20-29)26-7-8-27(22-32(36)37)31(35)21-26/h7-12,19-21,38H,5-6,15-18,22H2,1-4H3,(H,36,37). The van der Waals surface area contributed by atoms with E-state index in [4.69, 9.17) is 9.84 Å². The van der Waals surface area contributed by atoms with Crippen LogP contribution in [0.15, 0.2) is 54.6 Å². The largest absolute Gasteiger partial charge is 0.481 e. The van der Waals surface area contributed by atoms with Gasteiger partial charge >= 0.3 is 5.97 Å². The Bertz CT molecular complexity index is 1420. The molecule has 0 aliphatic carbocycles. The van der Waals surface area contributed by atoms with E-state index in [0.717, 1.165) is 40.7 Å². The molecular formula is C34H37FO4. The average molecular weight is 529 g/mol. The van der Waals surface area contributed by atoms with E-state index in [2.05, 4.69) is 62.9 Å². The zero-order valence-corrected chi connectivity index (χ0v) is 23.2. The van der Waals surface area contributed by atoms with Gasteiger partial charge in [0.2, 0.25) is 0 Å². The molecule has 1 saturated heterocycles. The number of rotatable bonds is 7. The number of halogens is 1. The molecule has 1 fully saturated rings. The third-order valence-corrected chi connectivity index (χ3v) is 8.22. The van der Waals surface area contributed by atoms with E-state index in [9.17, 15) is 14.3 Å². The number of benzene rings is 3. The monoisotopic (exact) mass is 528 g/mol. The van der Waals surface area contributed by atoms with E-state index in [1.807, 2.05) is 13.0 Å². The molecule has 204 valence electrons. The van der Waals surface area contributed by atoms with Crippen molar-refractivity contribution in [3.05, 3.63) is 93.8 Å². The Morgan fingerprint density at radius 2 is 1.62 bits per heavy atom. The molecule has 0 amide bonds. The van der Waals surface area contributed by atoms with Gasteiger partial charge in [-0.1, -0.05) is 68.2 Å². The molecule has 1 aliphatic rings. The van der Waals surface area contributed by atoms with Crippen LogP contribution >= 0.6 is 0 Å². The summed E-state index contributed by atoms with van der Waals surface area (Å²) in [5.41, 5.74) is 6.10. The highest BCUT2D eigenvalue weighted by molar-refractivity contribution is 5.72. The second-order valence-corrected chi connectivity index (χ2v) is 10.6. The first kappa shape index (κ1) is 28.5. The van der Waals surface area contributed by atoms with Gasteiger partial charge in [-0.2, -0.15) is 0 Å². The fourth-order valence-electron chi connectivity index (χ4n) is 5.66. The van der Waals surface area contributed by atoms with Gasteiger partial charge in [-0.25, -0.2) is 4.39 Å². The average Bonchev–Trinajstić information content (AvgIpc) is 2.91. The maximum atomic E-state index is 14.6. The summed E-state index contributed by atoms with van der Waals surface area (Å²) in [4.78, 5) is 11.0. The lowest BCUT2D eigenvalue weighted by atomic mass is 9.69. The first-order chi connectivity index (χ1) is 18.6. The van der Waals surface area contributed by atoms with Crippen molar-refractivity contribution >= 4 is 5.97 Å². The quantitative estimate of drug-likeness (QED) is 0.334. The highest BCUT2D eigenvalue weighted by atomic mass is 19.1. The van der Waals surface area contributed by atoms with Gasteiger partial charge in [-0.3, -0.25) is 4.79 Å². The maximum absolute atomic E-state index is 14.6. The van der Waals surface area contributed by atoms with Crippen LogP contribution in [0.4, 0.5) is 4.39 Å². The molecule has 0 saturated carbocycles. The smallest absolute Gasteiger partial charge is 0.307 e. The van der Waals surface area contributed by atoms with Gasteiger partial charge in [-0.05, 0) is 77.8 Å². The van der Waals surface area contributed by atoms with Crippen LogP contribution in [0.3, 0.4) is 0 Å². The Balaban J connectivity index is 1.66. The Hall–Kier alpha value is -3.46. The minimum absolute atomic E-state index is 0.182. The van der Waals surface area contributed by atoms with Crippen molar-refractivity contribution in [2.45, 2.75) is 70.8 Å². The summed E-state index contributed by atoms with van der Waals surface area (Å²) < 4.78 is 19.9. The molecule has 0 aromatic heterocycles. The number of aryl methyl sites for hydroxylation is 2. The topological polar surface area (TPSA) is 66.8 Å². The van der Waals surface area contributed by atoms with Crippen molar-refractivity contribution in [1.82, 2.24) is 0 Å². The van der Waals surface area contributed by atoms with E-state index in [0.29, 0.717) is 26.1 Å². The van der Waals surface area contributed by atoms with Gasteiger partial charge in [0.25, 0.3) is 0 Å². The predicted octanol–water partition coefficient (Wildman–Crippen LogP) is 6.74. The summed E-state index contributed by atoms with van der Waals surface area (Å²) in [7, 11) is 0. The SMILES string of the molecule is CCC(CC)(c1ccc(C#CC2(O)CCOCC2)c(C)c1)c1ccc(-c2ccc(CC(=O)O)c(F)c2)c(C)c1. The maximum Gasteiger partial charge on any atom is 0.307 e. The fraction of sp³-hybridized carbons (Fsp3) is 0.382. The van der Waals surface area contributed by atoms with E-state index >= 15 is 0 Å². The first-order valence-corrected chi connectivity index (χ1v) is 13.7. The van der Waals surface area contributed by atoms with Crippen molar-refractivity contribution in [2.75, 3.05) is 13.2 Å². The fourth-order valence-corrected chi connectivity index (χ4v) is 5.66. The van der Waals surface area contributed by atoms with Gasteiger partial charge in [-0.15, -0.1) is 0 Å². The normalized spacial score (nSPS) is 14.9. The summed E-state index contributed by atoms with van der Waals surface area (Å²) in [6, 6.07) is 17.5. The lowest BCUT2D eigenvalue weighted by Crippen LogP contribution is -2.34. The Morgan fingerprint density at radius 3 is 2.18 bits per heavy atom. The van der Waals surface area contributed by atoms with Gasteiger partial charge < -0.3 is 14.9 Å². The number of hydrogen-bond donors (Lipinski definition) is 2. The van der Waals surface area contributed by atoms with Crippen molar-refractivity contribution in [3.63, 3.8) is 0 Å². The van der Waals surface area contributed by atoms with Crippen LogP contribution in [-0.4, -0.2) is 35.0 Å². The molecule has 0 bridgehead atoms. The lowest BCUT2D eigenvalue weighted by Gasteiger charge is -2.34. The summed E-state index contributed by atoms with van der Waals surface area (Å²) in [6.07, 6.45) is 2.54. The summed E-state index contributed by atoms with van der Waals surface area (Å²) in [5, 5.41) is 19.7. The highest BCUT2D eigenvalue weighted by Gasteiger charge is 2.32. The molecule has 4 nitrogen and oxygen atoms in total. The molecule has 0 spiro atoms. The van der Waals surface area contributed by atoms with E-state index < -0.39 is 17.4 Å². The Kier molecular flexibility index (Phi) is 8.59. The number of aliphatic hydroxyl groups is 1. The summed E-state index contributed by atoms with van der Waals surface area (Å²) in [5.74, 6) is 4.75. The van der Waals surface area contributed by atoms with Gasteiger partial charge in [0.05, 0.1) is 19.6 Å². The molecule has 2 N–H and O–H groups in total. The van der Waals surface area contributed by atoms with Gasteiger partial charge in [0.1, 0.15) is 11.4 Å². The molecule has 1 heterocycles. The molecule has 3 aromatic rings. The van der Waals surface area contributed by atoms with Crippen LogP contribution in [0, 0.1) is 31.5 Å².